The third-order valence-corrected chi connectivity index (χ3v) is 6.61. The number of urea groups is 1. The van der Waals surface area contributed by atoms with Crippen molar-refractivity contribution in [3.8, 4) is 5.75 Å². The maximum absolute atomic E-state index is 12.5. The third kappa shape index (κ3) is 6.77. The largest absolute Gasteiger partial charge is 0.481 e. The highest BCUT2D eigenvalue weighted by molar-refractivity contribution is 7.20. The van der Waals surface area contributed by atoms with Crippen LogP contribution in [0.4, 0.5) is 15.3 Å². The van der Waals surface area contributed by atoms with Crippen LogP contribution in [-0.2, 0) is 11.3 Å². The third-order valence-electron chi connectivity index (χ3n) is 5.47. The first-order valence-electron chi connectivity index (χ1n) is 11.5. The van der Waals surface area contributed by atoms with Gasteiger partial charge in [-0.15, -0.1) is 11.3 Å². The molecule has 0 fully saturated rings. The van der Waals surface area contributed by atoms with Crippen molar-refractivity contribution >= 4 is 45.1 Å². The molecule has 190 valence electrons. The summed E-state index contributed by atoms with van der Waals surface area (Å²) in [5.41, 5.74) is 7.97. The first-order chi connectivity index (χ1) is 17.9. The Kier molecular flexibility index (Phi) is 8.22. The Morgan fingerprint density at radius 3 is 2.49 bits per heavy atom. The molecule has 0 aliphatic rings. The average Bonchev–Trinajstić information content (AvgIpc) is 3.37. The summed E-state index contributed by atoms with van der Waals surface area (Å²) in [4.78, 5) is 24.5. The summed E-state index contributed by atoms with van der Waals surface area (Å²) in [5.74, 6) is 0.614. The minimum Gasteiger partial charge on any atom is -0.481 e. The highest BCUT2D eigenvalue weighted by Gasteiger charge is 2.19. The van der Waals surface area contributed by atoms with E-state index < -0.39 is 12.2 Å². The SMILES string of the molecule is CNC(=O)NCc1ccc(NC(=O)OCC(Oc2cccc3sc(C(=N)N)cc23)c2ccccc2)cc1. The number of ether oxygens (including phenoxy) is 2. The van der Waals surface area contributed by atoms with Crippen LogP contribution in [0.5, 0.6) is 5.75 Å². The highest BCUT2D eigenvalue weighted by atomic mass is 32.1. The van der Waals surface area contributed by atoms with Crippen molar-refractivity contribution in [2.75, 3.05) is 19.0 Å². The highest BCUT2D eigenvalue weighted by Crippen LogP contribution is 2.35. The minimum atomic E-state index is -0.617. The van der Waals surface area contributed by atoms with Gasteiger partial charge in [-0.3, -0.25) is 10.7 Å². The van der Waals surface area contributed by atoms with Crippen LogP contribution in [0.25, 0.3) is 10.1 Å². The van der Waals surface area contributed by atoms with Crippen LogP contribution >= 0.6 is 11.3 Å². The van der Waals surface area contributed by atoms with Gasteiger partial charge in [0.2, 0.25) is 0 Å². The number of benzene rings is 3. The molecule has 0 bridgehead atoms. The first-order valence-corrected chi connectivity index (χ1v) is 12.3. The monoisotopic (exact) mass is 517 g/mol. The van der Waals surface area contributed by atoms with Crippen molar-refractivity contribution in [1.82, 2.24) is 10.6 Å². The van der Waals surface area contributed by atoms with E-state index in [0.717, 1.165) is 21.2 Å². The van der Waals surface area contributed by atoms with E-state index in [1.807, 2.05) is 54.6 Å². The predicted octanol–water partition coefficient (Wildman–Crippen LogP) is 4.98. The molecule has 0 aliphatic heterocycles. The molecule has 9 nitrogen and oxygen atoms in total. The van der Waals surface area contributed by atoms with E-state index in [2.05, 4.69) is 16.0 Å². The van der Waals surface area contributed by atoms with E-state index >= 15 is 0 Å². The topological polar surface area (TPSA) is 139 Å². The van der Waals surface area contributed by atoms with E-state index in [1.165, 1.54) is 11.3 Å². The number of nitrogens with one attached hydrogen (secondary N) is 4. The number of nitrogens with two attached hydrogens (primary N) is 1. The number of carbonyl (C=O) groups excluding carboxylic acids is 2. The van der Waals surface area contributed by atoms with Gasteiger partial charge in [0.1, 0.15) is 18.2 Å². The van der Waals surface area contributed by atoms with Gasteiger partial charge in [0.25, 0.3) is 0 Å². The molecule has 4 rings (SSSR count). The zero-order valence-electron chi connectivity index (χ0n) is 20.1. The molecule has 1 atom stereocenters. The lowest BCUT2D eigenvalue weighted by molar-refractivity contribution is 0.0910. The maximum atomic E-state index is 12.5. The molecule has 0 saturated heterocycles. The van der Waals surface area contributed by atoms with Gasteiger partial charge in [-0.05, 0) is 41.5 Å². The van der Waals surface area contributed by atoms with Crippen molar-refractivity contribution < 1.29 is 19.1 Å². The van der Waals surface area contributed by atoms with Crippen LogP contribution in [0, 0.1) is 5.41 Å². The number of carbonyl (C=O) groups is 2. The summed E-state index contributed by atoms with van der Waals surface area (Å²) in [5, 5.41) is 16.5. The number of amidine groups is 1. The van der Waals surface area contributed by atoms with Gasteiger partial charge in [0, 0.05) is 29.4 Å². The zero-order chi connectivity index (χ0) is 26.2. The van der Waals surface area contributed by atoms with Gasteiger partial charge in [0.15, 0.2) is 6.10 Å². The lowest BCUT2D eigenvalue weighted by atomic mass is 10.1. The van der Waals surface area contributed by atoms with E-state index in [-0.39, 0.29) is 18.5 Å². The molecule has 0 radical (unpaired) electrons. The number of anilines is 1. The molecule has 1 aromatic heterocycles. The van der Waals surface area contributed by atoms with Gasteiger partial charge in [-0.2, -0.15) is 0 Å². The molecule has 1 unspecified atom stereocenters. The number of amides is 3. The summed E-state index contributed by atoms with van der Waals surface area (Å²) in [6, 6.07) is 23.8. The van der Waals surface area contributed by atoms with E-state index in [0.29, 0.717) is 22.9 Å². The Morgan fingerprint density at radius 2 is 1.78 bits per heavy atom. The second-order valence-corrected chi connectivity index (χ2v) is 9.15. The van der Waals surface area contributed by atoms with Crippen molar-refractivity contribution in [2.24, 2.45) is 5.73 Å². The van der Waals surface area contributed by atoms with Gasteiger partial charge in [0.05, 0.1) is 4.88 Å². The number of thiophene rings is 1. The predicted molar refractivity (Wildman–Crippen MR) is 145 cm³/mol. The summed E-state index contributed by atoms with van der Waals surface area (Å²) >= 11 is 1.42. The minimum absolute atomic E-state index is 0.00233. The molecule has 1 heterocycles. The lowest BCUT2D eigenvalue weighted by Gasteiger charge is -2.20. The average molecular weight is 518 g/mol. The Morgan fingerprint density at radius 1 is 1.03 bits per heavy atom. The molecule has 37 heavy (non-hydrogen) atoms. The van der Waals surface area contributed by atoms with Crippen LogP contribution in [0.3, 0.4) is 0 Å². The second-order valence-electron chi connectivity index (χ2n) is 8.06. The Labute approximate surface area is 218 Å². The number of nitrogen functional groups attached to an aromatic ring is 1. The van der Waals surface area contributed by atoms with E-state index in [1.54, 1.807) is 31.3 Å². The maximum Gasteiger partial charge on any atom is 0.411 e. The molecule has 0 saturated carbocycles. The van der Waals surface area contributed by atoms with Crippen molar-refractivity contribution in [2.45, 2.75) is 12.6 Å². The first kappa shape index (κ1) is 25.5. The normalized spacial score (nSPS) is 11.4. The van der Waals surface area contributed by atoms with Crippen LogP contribution in [0.1, 0.15) is 22.1 Å². The second kappa shape index (κ2) is 11.9. The smallest absolute Gasteiger partial charge is 0.411 e. The number of hydrogen-bond donors (Lipinski definition) is 5. The molecule has 0 aliphatic carbocycles. The lowest BCUT2D eigenvalue weighted by Crippen LogP contribution is -2.32. The zero-order valence-corrected chi connectivity index (χ0v) is 20.9. The molecule has 3 aromatic carbocycles. The quantitative estimate of drug-likeness (QED) is 0.157. The van der Waals surface area contributed by atoms with Crippen LogP contribution < -0.4 is 26.4 Å². The Balaban J connectivity index is 1.42. The summed E-state index contributed by atoms with van der Waals surface area (Å²) < 4.78 is 12.8. The molecule has 4 aromatic rings. The molecule has 0 spiro atoms. The number of rotatable bonds is 9. The van der Waals surface area contributed by atoms with Crippen molar-refractivity contribution in [3.05, 3.63) is 94.9 Å². The molecular weight excluding hydrogens is 490 g/mol. The Bertz CT molecular complexity index is 1390. The van der Waals surface area contributed by atoms with Gasteiger partial charge in [-0.1, -0.05) is 48.5 Å². The van der Waals surface area contributed by atoms with E-state index in [9.17, 15) is 9.59 Å². The van der Waals surface area contributed by atoms with Gasteiger partial charge in [-0.25, -0.2) is 9.59 Å². The van der Waals surface area contributed by atoms with Crippen molar-refractivity contribution in [1.29, 1.82) is 5.41 Å². The molecule has 3 amide bonds. The van der Waals surface area contributed by atoms with Crippen LogP contribution in [-0.4, -0.2) is 31.6 Å². The molecule has 6 N–H and O–H groups in total. The Hall–Kier alpha value is -4.57. The van der Waals surface area contributed by atoms with Crippen LogP contribution in [0.2, 0.25) is 0 Å². The number of hydrogen-bond acceptors (Lipinski definition) is 6. The van der Waals surface area contributed by atoms with Gasteiger partial charge >= 0.3 is 12.1 Å². The van der Waals surface area contributed by atoms with Gasteiger partial charge < -0.3 is 25.8 Å². The molecule has 10 heteroatoms. The van der Waals surface area contributed by atoms with E-state index in [4.69, 9.17) is 20.6 Å². The summed E-state index contributed by atoms with van der Waals surface area (Å²) in [6.45, 7) is 0.343. The fraction of sp³-hybridized carbons (Fsp3) is 0.148. The number of fused-ring (bicyclic) bond motifs is 1. The van der Waals surface area contributed by atoms with Crippen molar-refractivity contribution in [3.63, 3.8) is 0 Å². The summed E-state index contributed by atoms with van der Waals surface area (Å²) in [7, 11) is 1.55. The fourth-order valence-electron chi connectivity index (χ4n) is 3.57. The summed E-state index contributed by atoms with van der Waals surface area (Å²) in [6.07, 6.45) is -1.18. The molecular formula is C27H27N5O4S. The standard InChI is InChI=1S/C27H27N5O4S/c1-30-26(33)31-15-17-10-12-19(13-11-17)32-27(34)35-16-22(18-6-3-2-4-7-18)36-21-8-5-9-23-20(21)14-24(37-23)25(28)29/h2-14,22H,15-16H2,1H3,(H3,28,29)(H,32,34)(H2,30,31,33). The fourth-order valence-corrected chi connectivity index (χ4v) is 4.51. The van der Waals surface area contributed by atoms with Crippen LogP contribution in [0.15, 0.2) is 78.9 Å².